The van der Waals surface area contributed by atoms with Crippen LogP contribution in [0.1, 0.15) is 34.6 Å². The van der Waals surface area contributed by atoms with Gasteiger partial charge >= 0.3 is 6.09 Å². The Labute approximate surface area is 147 Å². The van der Waals surface area contributed by atoms with Crippen molar-refractivity contribution >= 4 is 53.1 Å². The fourth-order valence-corrected chi connectivity index (χ4v) is 6.52. The fourth-order valence-electron chi connectivity index (χ4n) is 1.44. The van der Waals surface area contributed by atoms with E-state index in [-0.39, 0.29) is 12.1 Å². The number of carbonyl (C=O) groups is 1. The van der Waals surface area contributed by atoms with Crippen molar-refractivity contribution in [3.05, 3.63) is 0 Å². The second-order valence-electron chi connectivity index (χ2n) is 5.00. The molecule has 0 radical (unpaired) electrons. The van der Waals surface area contributed by atoms with E-state index in [1.807, 2.05) is 44.7 Å². The van der Waals surface area contributed by atoms with Crippen molar-refractivity contribution in [2.24, 2.45) is 5.16 Å². The quantitative estimate of drug-likeness (QED) is 0.128. The molecule has 130 valence electrons. The predicted octanol–water partition coefficient (Wildman–Crippen LogP) is 4.09. The topological polar surface area (TPSA) is 63.2 Å². The zero-order valence-electron chi connectivity index (χ0n) is 14.2. The summed E-state index contributed by atoms with van der Waals surface area (Å²) >= 11 is 8.47. The molecule has 0 aromatic carbocycles. The summed E-state index contributed by atoms with van der Waals surface area (Å²) in [6.45, 7) is 11.7. The van der Waals surface area contributed by atoms with Gasteiger partial charge in [-0.1, -0.05) is 17.1 Å². The summed E-state index contributed by atoms with van der Waals surface area (Å²) in [5.41, 5.74) is 0. The van der Waals surface area contributed by atoms with E-state index in [4.69, 9.17) is 21.2 Å². The molecule has 0 saturated carbocycles. The lowest BCUT2D eigenvalue weighted by Gasteiger charge is -2.34. The maximum atomic E-state index is 11.5. The number of hydrogen-bond donors (Lipinski definition) is 1. The molecular formula is C12H26N3O3PS3. The Morgan fingerprint density at radius 3 is 2.45 bits per heavy atom. The zero-order chi connectivity index (χ0) is 17.3. The highest BCUT2D eigenvalue weighted by Gasteiger charge is 2.26. The zero-order valence-corrected chi connectivity index (χ0v) is 17.5. The lowest BCUT2D eigenvalue weighted by atomic mass is 10.4. The minimum Gasteiger partial charge on any atom is -0.335 e. The molecule has 0 spiro atoms. The van der Waals surface area contributed by atoms with Crippen molar-refractivity contribution in [3.8, 4) is 0 Å². The Kier molecular flexibility index (Phi) is 11.0. The first-order chi connectivity index (χ1) is 10.1. The Morgan fingerprint density at radius 1 is 1.41 bits per heavy atom. The Bertz CT molecular complexity index is 433. The maximum Gasteiger partial charge on any atom is 0.434 e. The SMILES string of the molecule is CSC(C)=NOC(=O)NCSN(C(C)C)P(C)(=S)OC(C)C. The molecule has 1 amide bonds. The van der Waals surface area contributed by atoms with Crippen LogP contribution in [0.2, 0.25) is 0 Å². The molecule has 6 nitrogen and oxygen atoms in total. The molecular weight excluding hydrogens is 361 g/mol. The number of thioether (sulfide) groups is 1. The summed E-state index contributed by atoms with van der Waals surface area (Å²) in [7, 11) is 0. The minimum atomic E-state index is -2.10. The van der Waals surface area contributed by atoms with Crippen molar-refractivity contribution in [2.45, 2.75) is 46.8 Å². The molecule has 0 aromatic heterocycles. The number of nitrogens with one attached hydrogen (secondary N) is 1. The van der Waals surface area contributed by atoms with Gasteiger partial charge in [0.05, 0.1) is 12.0 Å². The summed E-state index contributed by atoms with van der Waals surface area (Å²) in [6.07, 6.45) is -0.759. The van der Waals surface area contributed by atoms with Gasteiger partial charge in [-0.15, -0.1) is 11.8 Å². The average Bonchev–Trinajstić information content (AvgIpc) is 2.38. The smallest absolute Gasteiger partial charge is 0.335 e. The summed E-state index contributed by atoms with van der Waals surface area (Å²) in [4.78, 5) is 16.2. The van der Waals surface area contributed by atoms with Gasteiger partial charge in [-0.05, 0) is 52.7 Å². The molecule has 1 atom stereocenters. The molecule has 0 heterocycles. The highest BCUT2D eigenvalue weighted by atomic mass is 32.5. The van der Waals surface area contributed by atoms with Crippen LogP contribution in [0.5, 0.6) is 0 Å². The summed E-state index contributed by atoms with van der Waals surface area (Å²) in [5, 5.41) is 6.98. The normalized spacial score (nSPS) is 15.3. The van der Waals surface area contributed by atoms with Crippen molar-refractivity contribution in [1.29, 1.82) is 0 Å². The summed E-state index contributed by atoms with van der Waals surface area (Å²) < 4.78 is 7.92. The molecule has 22 heavy (non-hydrogen) atoms. The number of oxime groups is 1. The monoisotopic (exact) mass is 387 g/mol. The van der Waals surface area contributed by atoms with Crippen LogP contribution in [0.15, 0.2) is 5.16 Å². The van der Waals surface area contributed by atoms with Gasteiger partial charge in [-0.2, -0.15) is 4.08 Å². The van der Waals surface area contributed by atoms with Crippen LogP contribution in [0.25, 0.3) is 0 Å². The van der Waals surface area contributed by atoms with Crippen molar-refractivity contribution < 1.29 is 14.2 Å². The Balaban J connectivity index is 4.44. The maximum absolute atomic E-state index is 11.5. The first kappa shape index (κ1) is 22.2. The number of amides is 1. The number of nitrogens with zero attached hydrogens (tertiary/aromatic N) is 2. The molecule has 0 rings (SSSR count). The molecule has 1 N–H and O–H groups in total. The van der Waals surface area contributed by atoms with Gasteiger partial charge in [0.2, 0.25) is 0 Å². The van der Waals surface area contributed by atoms with E-state index in [9.17, 15) is 4.79 Å². The molecule has 0 aromatic rings. The van der Waals surface area contributed by atoms with Gasteiger partial charge in [0.25, 0.3) is 0 Å². The van der Waals surface area contributed by atoms with Gasteiger partial charge in [0.15, 0.2) is 0 Å². The molecule has 0 fully saturated rings. The largest absolute Gasteiger partial charge is 0.434 e. The minimum absolute atomic E-state index is 0.0689. The van der Waals surface area contributed by atoms with E-state index < -0.39 is 12.5 Å². The van der Waals surface area contributed by atoms with Gasteiger partial charge in [0, 0.05) is 12.7 Å². The summed E-state index contributed by atoms with van der Waals surface area (Å²) in [5.74, 6) is 0.346. The Hall–Kier alpha value is 0.210. The van der Waals surface area contributed by atoms with Crippen molar-refractivity contribution in [2.75, 3.05) is 18.8 Å². The van der Waals surface area contributed by atoms with E-state index in [2.05, 4.69) is 10.5 Å². The average molecular weight is 388 g/mol. The van der Waals surface area contributed by atoms with Gasteiger partial charge in [-0.3, -0.25) is 4.84 Å². The first-order valence-corrected chi connectivity index (χ1v) is 12.1. The number of carbonyl (C=O) groups excluding carboxylic acids is 1. The van der Waals surface area contributed by atoms with Crippen LogP contribution >= 0.6 is 30.1 Å². The third kappa shape index (κ3) is 9.37. The van der Waals surface area contributed by atoms with Gasteiger partial charge in [-0.25, -0.2) is 4.79 Å². The fraction of sp³-hybridized carbons (Fsp3) is 0.833. The molecule has 0 aliphatic carbocycles. The van der Waals surface area contributed by atoms with E-state index in [1.165, 1.54) is 23.7 Å². The van der Waals surface area contributed by atoms with Gasteiger partial charge in [0.1, 0.15) is 11.5 Å². The van der Waals surface area contributed by atoms with Crippen molar-refractivity contribution in [1.82, 2.24) is 9.39 Å². The standard InChI is InChI=1S/C12H26N3O3PS3/c1-9(2)15(19(6,20)18-10(3)4)22-8-13-12(16)17-14-11(5)21-7/h9-10H,8H2,1-7H3,(H,13,16). The van der Waals surface area contributed by atoms with Crippen molar-refractivity contribution in [3.63, 3.8) is 0 Å². The van der Waals surface area contributed by atoms with E-state index in [0.717, 1.165) is 0 Å². The number of hydrogen-bond acceptors (Lipinski definition) is 7. The van der Waals surface area contributed by atoms with Crippen LogP contribution in [0, 0.1) is 0 Å². The molecule has 1 unspecified atom stereocenters. The molecule has 0 bridgehead atoms. The third-order valence-corrected chi connectivity index (χ3v) is 8.17. The predicted molar refractivity (Wildman–Crippen MR) is 102 cm³/mol. The van der Waals surface area contributed by atoms with Crippen LogP contribution < -0.4 is 5.32 Å². The highest BCUT2D eigenvalue weighted by Crippen LogP contribution is 2.53. The molecule has 0 aliphatic heterocycles. The van der Waals surface area contributed by atoms with E-state index >= 15 is 0 Å². The second-order valence-corrected chi connectivity index (χ2v) is 11.5. The van der Waals surface area contributed by atoms with Crippen LogP contribution in [0.4, 0.5) is 4.79 Å². The second kappa shape index (κ2) is 10.9. The first-order valence-electron chi connectivity index (χ1n) is 6.82. The van der Waals surface area contributed by atoms with Crippen LogP contribution in [0.3, 0.4) is 0 Å². The van der Waals surface area contributed by atoms with E-state index in [1.54, 1.807) is 6.92 Å². The molecule has 10 heteroatoms. The molecule has 0 saturated heterocycles. The van der Waals surface area contributed by atoms with Crippen LogP contribution in [-0.2, 0) is 21.2 Å². The lowest BCUT2D eigenvalue weighted by Crippen LogP contribution is -2.28. The van der Waals surface area contributed by atoms with Gasteiger partial charge < -0.3 is 9.84 Å². The number of rotatable bonds is 8. The highest BCUT2D eigenvalue weighted by molar-refractivity contribution is 8.17. The molecule has 0 aliphatic rings. The lowest BCUT2D eigenvalue weighted by molar-refractivity contribution is 0.153. The summed E-state index contributed by atoms with van der Waals surface area (Å²) in [6, 6.07) is 0.203. The third-order valence-electron chi connectivity index (χ3n) is 2.17. The van der Waals surface area contributed by atoms with E-state index in [0.29, 0.717) is 10.9 Å². The van der Waals surface area contributed by atoms with Crippen LogP contribution in [-0.4, -0.2) is 46.2 Å². The Morgan fingerprint density at radius 2 is 2.00 bits per heavy atom.